The SMILES string of the molecule is Cc1cccc(C)c1C(=O)NCCCCC(=O)O. The third kappa shape index (κ3) is 4.20. The number of aliphatic carboxylic acids is 1. The quantitative estimate of drug-likeness (QED) is 0.760. The Morgan fingerprint density at radius 1 is 1.17 bits per heavy atom. The summed E-state index contributed by atoms with van der Waals surface area (Å²) in [6, 6.07) is 5.74. The van der Waals surface area contributed by atoms with E-state index in [2.05, 4.69) is 5.32 Å². The van der Waals surface area contributed by atoms with Crippen molar-refractivity contribution in [1.29, 1.82) is 0 Å². The number of hydrogen-bond donors (Lipinski definition) is 2. The molecule has 1 rings (SSSR count). The predicted molar refractivity (Wildman–Crippen MR) is 69.7 cm³/mol. The van der Waals surface area contributed by atoms with Crippen LogP contribution in [0.5, 0.6) is 0 Å². The Morgan fingerprint density at radius 3 is 2.33 bits per heavy atom. The van der Waals surface area contributed by atoms with Gasteiger partial charge >= 0.3 is 5.97 Å². The number of rotatable bonds is 6. The van der Waals surface area contributed by atoms with E-state index in [4.69, 9.17) is 5.11 Å². The van der Waals surface area contributed by atoms with E-state index in [0.29, 0.717) is 19.4 Å². The lowest BCUT2D eigenvalue weighted by Crippen LogP contribution is -2.26. The van der Waals surface area contributed by atoms with E-state index in [9.17, 15) is 9.59 Å². The highest BCUT2D eigenvalue weighted by atomic mass is 16.4. The van der Waals surface area contributed by atoms with E-state index < -0.39 is 5.97 Å². The van der Waals surface area contributed by atoms with Gasteiger partial charge in [0.1, 0.15) is 0 Å². The van der Waals surface area contributed by atoms with Gasteiger partial charge in [-0.2, -0.15) is 0 Å². The first-order chi connectivity index (χ1) is 8.52. The van der Waals surface area contributed by atoms with E-state index in [1.54, 1.807) is 0 Å². The second kappa shape index (κ2) is 6.79. The number of carboxylic acids is 1. The number of benzene rings is 1. The average Bonchev–Trinajstić information content (AvgIpc) is 2.27. The van der Waals surface area contributed by atoms with Crippen LogP contribution in [-0.2, 0) is 4.79 Å². The Kier molecular flexibility index (Phi) is 5.36. The molecule has 4 heteroatoms. The molecule has 0 aromatic heterocycles. The summed E-state index contributed by atoms with van der Waals surface area (Å²) in [6.07, 6.45) is 1.42. The Hall–Kier alpha value is -1.84. The molecule has 0 aliphatic carbocycles. The van der Waals surface area contributed by atoms with Gasteiger partial charge in [0, 0.05) is 18.5 Å². The fourth-order valence-corrected chi connectivity index (χ4v) is 1.86. The third-order valence-electron chi connectivity index (χ3n) is 2.81. The van der Waals surface area contributed by atoms with Gasteiger partial charge in [0.05, 0.1) is 0 Å². The molecular formula is C14H19NO3. The van der Waals surface area contributed by atoms with Gasteiger partial charge < -0.3 is 10.4 Å². The third-order valence-corrected chi connectivity index (χ3v) is 2.81. The van der Waals surface area contributed by atoms with Crippen LogP contribution in [0.2, 0.25) is 0 Å². The van der Waals surface area contributed by atoms with Crippen LogP contribution in [0.4, 0.5) is 0 Å². The minimum atomic E-state index is -0.795. The molecule has 0 atom stereocenters. The molecule has 1 amide bonds. The van der Waals surface area contributed by atoms with Gasteiger partial charge in [0.25, 0.3) is 5.91 Å². The maximum Gasteiger partial charge on any atom is 0.303 e. The maximum atomic E-state index is 12.0. The molecule has 98 valence electrons. The normalized spacial score (nSPS) is 10.1. The maximum absolute atomic E-state index is 12.0. The van der Waals surface area contributed by atoms with Gasteiger partial charge in [0.15, 0.2) is 0 Å². The average molecular weight is 249 g/mol. The van der Waals surface area contributed by atoms with Crippen LogP contribution in [0, 0.1) is 13.8 Å². The highest BCUT2D eigenvalue weighted by Crippen LogP contribution is 2.12. The predicted octanol–water partition coefficient (Wildman–Crippen LogP) is 2.29. The van der Waals surface area contributed by atoms with Crippen molar-refractivity contribution in [1.82, 2.24) is 5.32 Å². The number of hydrogen-bond acceptors (Lipinski definition) is 2. The monoisotopic (exact) mass is 249 g/mol. The summed E-state index contributed by atoms with van der Waals surface area (Å²) in [6.45, 7) is 4.33. The second-order valence-corrected chi connectivity index (χ2v) is 4.37. The lowest BCUT2D eigenvalue weighted by Gasteiger charge is -2.10. The van der Waals surface area contributed by atoms with Crippen molar-refractivity contribution in [3.8, 4) is 0 Å². The minimum absolute atomic E-state index is 0.0825. The number of amides is 1. The lowest BCUT2D eigenvalue weighted by molar-refractivity contribution is -0.137. The van der Waals surface area contributed by atoms with Gasteiger partial charge in [-0.25, -0.2) is 0 Å². The zero-order valence-corrected chi connectivity index (χ0v) is 10.8. The van der Waals surface area contributed by atoms with Gasteiger partial charge in [-0.1, -0.05) is 18.2 Å². The molecule has 18 heavy (non-hydrogen) atoms. The van der Waals surface area contributed by atoms with Gasteiger partial charge in [-0.15, -0.1) is 0 Å². The van der Waals surface area contributed by atoms with E-state index in [1.165, 1.54) is 0 Å². The molecule has 0 radical (unpaired) electrons. The fraction of sp³-hybridized carbons (Fsp3) is 0.429. The molecule has 0 spiro atoms. The Labute approximate surface area is 107 Å². The molecule has 0 saturated carbocycles. The number of carboxylic acid groups (broad SMARTS) is 1. The molecule has 2 N–H and O–H groups in total. The number of carbonyl (C=O) groups excluding carboxylic acids is 1. The zero-order chi connectivity index (χ0) is 13.5. The van der Waals surface area contributed by atoms with Crippen molar-refractivity contribution in [2.75, 3.05) is 6.54 Å². The summed E-state index contributed by atoms with van der Waals surface area (Å²) in [5.41, 5.74) is 2.63. The van der Waals surface area contributed by atoms with Crippen LogP contribution in [0.3, 0.4) is 0 Å². The smallest absolute Gasteiger partial charge is 0.303 e. The summed E-state index contributed by atoms with van der Waals surface area (Å²) in [5.74, 6) is -0.878. The van der Waals surface area contributed by atoms with E-state index in [-0.39, 0.29) is 12.3 Å². The molecule has 0 heterocycles. The van der Waals surface area contributed by atoms with Crippen LogP contribution < -0.4 is 5.32 Å². The van der Waals surface area contributed by atoms with Crippen molar-refractivity contribution in [3.05, 3.63) is 34.9 Å². The molecule has 0 unspecified atom stereocenters. The molecule has 1 aromatic carbocycles. The number of aryl methyl sites for hydroxylation is 2. The summed E-state index contributed by atoms with van der Waals surface area (Å²) in [4.78, 5) is 22.3. The van der Waals surface area contributed by atoms with Crippen molar-refractivity contribution in [3.63, 3.8) is 0 Å². The molecular weight excluding hydrogens is 230 g/mol. The summed E-state index contributed by atoms with van der Waals surface area (Å²) in [7, 11) is 0. The Morgan fingerprint density at radius 2 is 1.78 bits per heavy atom. The first kappa shape index (κ1) is 14.2. The van der Waals surface area contributed by atoms with E-state index in [1.807, 2.05) is 32.0 Å². The van der Waals surface area contributed by atoms with Crippen molar-refractivity contribution in [2.45, 2.75) is 33.1 Å². The number of nitrogens with one attached hydrogen (secondary N) is 1. The lowest BCUT2D eigenvalue weighted by atomic mass is 10.0. The number of unbranched alkanes of at least 4 members (excludes halogenated alkanes) is 1. The van der Waals surface area contributed by atoms with Gasteiger partial charge in [0.2, 0.25) is 0 Å². The van der Waals surface area contributed by atoms with E-state index in [0.717, 1.165) is 16.7 Å². The molecule has 4 nitrogen and oxygen atoms in total. The molecule has 1 aromatic rings. The standard InChI is InChI=1S/C14H19NO3/c1-10-6-5-7-11(2)13(10)14(18)15-9-4-3-8-12(16)17/h5-7H,3-4,8-9H2,1-2H3,(H,15,18)(H,16,17). The Bertz CT molecular complexity index is 420. The van der Waals surface area contributed by atoms with Crippen LogP contribution in [0.1, 0.15) is 40.7 Å². The van der Waals surface area contributed by atoms with Crippen molar-refractivity contribution < 1.29 is 14.7 Å². The topological polar surface area (TPSA) is 66.4 Å². The highest BCUT2D eigenvalue weighted by molar-refractivity contribution is 5.97. The Balaban J connectivity index is 2.44. The first-order valence-corrected chi connectivity index (χ1v) is 6.08. The van der Waals surface area contributed by atoms with Crippen molar-refractivity contribution >= 4 is 11.9 Å². The first-order valence-electron chi connectivity index (χ1n) is 6.08. The van der Waals surface area contributed by atoms with E-state index >= 15 is 0 Å². The van der Waals surface area contributed by atoms with Gasteiger partial charge in [-0.05, 0) is 37.8 Å². The molecule has 0 bridgehead atoms. The van der Waals surface area contributed by atoms with Crippen molar-refractivity contribution in [2.24, 2.45) is 0 Å². The van der Waals surface area contributed by atoms with Crippen LogP contribution in [0.25, 0.3) is 0 Å². The van der Waals surface area contributed by atoms with Crippen LogP contribution >= 0.6 is 0 Å². The second-order valence-electron chi connectivity index (χ2n) is 4.37. The largest absolute Gasteiger partial charge is 0.481 e. The summed E-state index contributed by atoms with van der Waals surface area (Å²) >= 11 is 0. The molecule has 0 fully saturated rings. The summed E-state index contributed by atoms with van der Waals surface area (Å²) < 4.78 is 0. The van der Waals surface area contributed by atoms with Gasteiger partial charge in [-0.3, -0.25) is 9.59 Å². The molecule has 0 aliphatic heterocycles. The van der Waals surface area contributed by atoms with Crippen LogP contribution in [-0.4, -0.2) is 23.5 Å². The zero-order valence-electron chi connectivity index (χ0n) is 10.8. The fourth-order valence-electron chi connectivity index (χ4n) is 1.86. The molecule has 0 saturated heterocycles. The number of carbonyl (C=O) groups is 2. The minimum Gasteiger partial charge on any atom is -0.481 e. The molecule has 0 aliphatic rings. The highest BCUT2D eigenvalue weighted by Gasteiger charge is 2.10. The summed E-state index contributed by atoms with van der Waals surface area (Å²) in [5, 5.41) is 11.3. The van der Waals surface area contributed by atoms with Crippen LogP contribution in [0.15, 0.2) is 18.2 Å².